The van der Waals surface area contributed by atoms with E-state index in [1.54, 1.807) is 0 Å². The van der Waals surface area contributed by atoms with E-state index in [1.807, 2.05) is 7.11 Å². The zero-order valence-corrected chi connectivity index (χ0v) is 14.2. The molecule has 1 aliphatic carbocycles. The van der Waals surface area contributed by atoms with E-state index in [1.165, 1.54) is 25.7 Å². The van der Waals surface area contributed by atoms with Crippen LogP contribution >= 0.6 is 0 Å². The number of methoxy groups -OCH3 is 1. The van der Waals surface area contributed by atoms with E-state index in [9.17, 15) is 0 Å². The molecule has 0 radical (unpaired) electrons. The van der Waals surface area contributed by atoms with Crippen LogP contribution in [0.15, 0.2) is 0 Å². The van der Waals surface area contributed by atoms with E-state index in [0.29, 0.717) is 11.5 Å². The van der Waals surface area contributed by atoms with Crippen molar-refractivity contribution in [2.45, 2.75) is 78.4 Å². The molecule has 1 saturated carbocycles. The Morgan fingerprint density at radius 2 is 1.74 bits per heavy atom. The maximum absolute atomic E-state index is 5.57. The predicted molar refractivity (Wildman–Crippen MR) is 83.5 cm³/mol. The Hall–Kier alpha value is -0.0800. The Labute approximate surface area is 120 Å². The molecule has 1 aliphatic rings. The minimum absolute atomic E-state index is 0.0208. The van der Waals surface area contributed by atoms with Gasteiger partial charge in [-0.05, 0) is 70.3 Å². The van der Waals surface area contributed by atoms with Crippen LogP contribution in [-0.4, -0.2) is 25.8 Å². The van der Waals surface area contributed by atoms with Crippen LogP contribution in [0.25, 0.3) is 0 Å². The summed E-state index contributed by atoms with van der Waals surface area (Å²) in [6, 6.07) is 0.700. The standard InChI is InChI=1S/C17H35NO/c1-16(2,3)14-8-9-15(18-6)13(12-14)10-11-17(4,5)19-7/h13-15,18H,8-12H2,1-7H3. The van der Waals surface area contributed by atoms with Crippen molar-refractivity contribution in [3.63, 3.8) is 0 Å². The maximum Gasteiger partial charge on any atom is 0.0622 e. The molecule has 114 valence electrons. The molecule has 1 rings (SSSR count). The summed E-state index contributed by atoms with van der Waals surface area (Å²) in [7, 11) is 3.95. The van der Waals surface area contributed by atoms with E-state index in [4.69, 9.17) is 4.74 Å². The molecule has 19 heavy (non-hydrogen) atoms. The van der Waals surface area contributed by atoms with Gasteiger partial charge in [0, 0.05) is 13.2 Å². The summed E-state index contributed by atoms with van der Waals surface area (Å²) in [6.07, 6.45) is 6.51. The van der Waals surface area contributed by atoms with Gasteiger partial charge in [-0.25, -0.2) is 0 Å². The Balaban J connectivity index is 2.60. The lowest BCUT2D eigenvalue weighted by Gasteiger charge is -2.42. The SMILES string of the molecule is CNC1CCC(C(C)(C)C)CC1CCC(C)(C)OC. The molecular formula is C17H35NO. The Morgan fingerprint density at radius 3 is 2.21 bits per heavy atom. The van der Waals surface area contributed by atoms with Gasteiger partial charge in [-0.15, -0.1) is 0 Å². The lowest BCUT2D eigenvalue weighted by Crippen LogP contribution is -2.42. The lowest BCUT2D eigenvalue weighted by molar-refractivity contribution is 0.00405. The lowest BCUT2D eigenvalue weighted by atomic mass is 9.66. The fourth-order valence-corrected chi connectivity index (χ4v) is 3.38. The molecule has 0 aromatic heterocycles. The third-order valence-corrected chi connectivity index (χ3v) is 5.25. The number of ether oxygens (including phenoxy) is 1. The van der Waals surface area contributed by atoms with Gasteiger partial charge in [-0.3, -0.25) is 0 Å². The Morgan fingerprint density at radius 1 is 1.11 bits per heavy atom. The van der Waals surface area contributed by atoms with E-state index in [-0.39, 0.29) is 5.60 Å². The summed E-state index contributed by atoms with van der Waals surface area (Å²) < 4.78 is 5.57. The van der Waals surface area contributed by atoms with Crippen molar-refractivity contribution < 1.29 is 4.74 Å². The first kappa shape index (κ1) is 17.0. The third kappa shape index (κ3) is 5.07. The molecule has 0 aliphatic heterocycles. The van der Waals surface area contributed by atoms with Gasteiger partial charge in [-0.2, -0.15) is 0 Å². The molecule has 0 heterocycles. The molecule has 0 bridgehead atoms. The summed E-state index contributed by atoms with van der Waals surface area (Å²) in [6.45, 7) is 11.6. The van der Waals surface area contributed by atoms with E-state index >= 15 is 0 Å². The first-order chi connectivity index (χ1) is 8.69. The summed E-state index contributed by atoms with van der Waals surface area (Å²) in [5.74, 6) is 1.67. The highest BCUT2D eigenvalue weighted by Gasteiger charge is 2.35. The zero-order chi connectivity index (χ0) is 14.7. The van der Waals surface area contributed by atoms with Gasteiger partial charge in [-0.1, -0.05) is 20.8 Å². The first-order valence-corrected chi connectivity index (χ1v) is 7.92. The highest BCUT2D eigenvalue weighted by molar-refractivity contribution is 4.89. The van der Waals surface area contributed by atoms with E-state index < -0.39 is 0 Å². The average Bonchev–Trinajstić information content (AvgIpc) is 2.35. The fraction of sp³-hybridized carbons (Fsp3) is 1.00. The van der Waals surface area contributed by atoms with Gasteiger partial charge in [0.1, 0.15) is 0 Å². The van der Waals surface area contributed by atoms with Crippen molar-refractivity contribution in [2.24, 2.45) is 17.3 Å². The zero-order valence-electron chi connectivity index (χ0n) is 14.2. The first-order valence-electron chi connectivity index (χ1n) is 7.92. The fourth-order valence-electron chi connectivity index (χ4n) is 3.38. The summed E-state index contributed by atoms with van der Waals surface area (Å²) in [5, 5.41) is 3.54. The monoisotopic (exact) mass is 269 g/mol. The van der Waals surface area contributed by atoms with Gasteiger partial charge in [0.2, 0.25) is 0 Å². The number of nitrogens with one attached hydrogen (secondary N) is 1. The third-order valence-electron chi connectivity index (χ3n) is 5.25. The van der Waals surface area contributed by atoms with Crippen LogP contribution < -0.4 is 5.32 Å². The number of hydrogen-bond acceptors (Lipinski definition) is 2. The van der Waals surface area contributed by atoms with Crippen molar-refractivity contribution in [1.29, 1.82) is 0 Å². The smallest absolute Gasteiger partial charge is 0.0622 e. The molecular weight excluding hydrogens is 234 g/mol. The minimum Gasteiger partial charge on any atom is -0.379 e. The van der Waals surface area contributed by atoms with Crippen molar-refractivity contribution >= 4 is 0 Å². The van der Waals surface area contributed by atoms with Gasteiger partial charge >= 0.3 is 0 Å². The molecule has 0 aromatic carbocycles. The molecule has 0 saturated heterocycles. The van der Waals surface area contributed by atoms with Gasteiger partial charge < -0.3 is 10.1 Å². The molecule has 2 nitrogen and oxygen atoms in total. The molecule has 2 heteroatoms. The minimum atomic E-state index is 0.0208. The van der Waals surface area contributed by atoms with Gasteiger partial charge in [0.15, 0.2) is 0 Å². The second kappa shape index (κ2) is 6.58. The quantitative estimate of drug-likeness (QED) is 0.806. The van der Waals surface area contributed by atoms with Gasteiger partial charge in [0.05, 0.1) is 5.60 Å². The number of hydrogen-bond donors (Lipinski definition) is 1. The summed E-state index contributed by atoms with van der Waals surface area (Å²) in [5.41, 5.74) is 0.473. The summed E-state index contributed by atoms with van der Waals surface area (Å²) in [4.78, 5) is 0. The molecule has 1 N–H and O–H groups in total. The maximum atomic E-state index is 5.57. The average molecular weight is 269 g/mol. The van der Waals surface area contributed by atoms with Crippen LogP contribution in [0.5, 0.6) is 0 Å². The van der Waals surface area contributed by atoms with Crippen LogP contribution in [0.3, 0.4) is 0 Å². The van der Waals surface area contributed by atoms with Crippen molar-refractivity contribution in [3.05, 3.63) is 0 Å². The highest BCUT2D eigenvalue weighted by atomic mass is 16.5. The molecule has 3 atom stereocenters. The van der Waals surface area contributed by atoms with Crippen LogP contribution in [0.4, 0.5) is 0 Å². The Kier molecular flexibility index (Phi) is 5.88. The summed E-state index contributed by atoms with van der Waals surface area (Å²) >= 11 is 0. The second-order valence-corrected chi connectivity index (χ2v) is 8.03. The van der Waals surface area contributed by atoms with Crippen LogP contribution in [-0.2, 0) is 4.74 Å². The topological polar surface area (TPSA) is 21.3 Å². The molecule has 0 aromatic rings. The Bertz CT molecular complexity index is 267. The predicted octanol–water partition coefficient (Wildman–Crippen LogP) is 4.24. The van der Waals surface area contributed by atoms with Crippen molar-refractivity contribution in [3.8, 4) is 0 Å². The molecule has 3 unspecified atom stereocenters. The molecule has 0 spiro atoms. The van der Waals surface area contributed by atoms with E-state index in [0.717, 1.165) is 18.3 Å². The van der Waals surface area contributed by atoms with Crippen molar-refractivity contribution in [2.75, 3.05) is 14.2 Å². The highest BCUT2D eigenvalue weighted by Crippen LogP contribution is 2.42. The second-order valence-electron chi connectivity index (χ2n) is 8.03. The molecule has 0 amide bonds. The van der Waals surface area contributed by atoms with Crippen LogP contribution in [0.2, 0.25) is 0 Å². The van der Waals surface area contributed by atoms with Crippen LogP contribution in [0.1, 0.15) is 66.7 Å². The van der Waals surface area contributed by atoms with E-state index in [2.05, 4.69) is 47.0 Å². The molecule has 1 fully saturated rings. The number of rotatable bonds is 5. The largest absolute Gasteiger partial charge is 0.379 e. The van der Waals surface area contributed by atoms with Crippen LogP contribution in [0, 0.1) is 17.3 Å². The van der Waals surface area contributed by atoms with Crippen molar-refractivity contribution in [1.82, 2.24) is 5.32 Å². The van der Waals surface area contributed by atoms with Gasteiger partial charge in [0.25, 0.3) is 0 Å². The normalized spacial score (nSPS) is 29.5.